The molecule has 8 heteroatoms. The molecule has 2 saturated carbocycles. The second-order valence-corrected chi connectivity index (χ2v) is 9.88. The minimum absolute atomic E-state index is 0.0575. The van der Waals surface area contributed by atoms with Crippen LogP contribution in [-0.4, -0.2) is 52.1 Å². The molecule has 0 atom stereocenters. The maximum atomic E-state index is 12.9. The fourth-order valence-electron chi connectivity index (χ4n) is 4.07. The largest absolute Gasteiger partial charge is 0.493 e. The number of sulfonamides is 1. The second kappa shape index (κ2) is 9.34. The number of hydrogen-bond donors (Lipinski definition) is 1. The molecule has 2 fully saturated rings. The first kappa shape index (κ1) is 21.9. The molecular formula is C21H32N2O5S. The molecule has 0 unspecified atom stereocenters. The number of ether oxygens (including phenoxy) is 2. The van der Waals surface area contributed by atoms with E-state index in [1.807, 2.05) is 0 Å². The van der Waals surface area contributed by atoms with E-state index in [1.165, 1.54) is 26.4 Å². The molecule has 1 N–H and O–H groups in total. The maximum Gasteiger partial charge on any atom is 0.240 e. The topological polar surface area (TPSA) is 84.9 Å². The number of nitrogens with zero attached hydrogens (tertiary/aromatic N) is 1. The molecule has 0 spiro atoms. The average molecular weight is 425 g/mol. The minimum atomic E-state index is -3.73. The van der Waals surface area contributed by atoms with Crippen LogP contribution in [-0.2, 0) is 14.8 Å². The Kier molecular flexibility index (Phi) is 7.05. The quantitative estimate of drug-likeness (QED) is 0.659. The zero-order valence-corrected chi connectivity index (χ0v) is 18.3. The summed E-state index contributed by atoms with van der Waals surface area (Å²) >= 11 is 0. The number of benzene rings is 1. The molecule has 0 bridgehead atoms. The third-order valence-corrected chi connectivity index (χ3v) is 7.36. The van der Waals surface area contributed by atoms with E-state index in [1.54, 1.807) is 6.07 Å². The smallest absolute Gasteiger partial charge is 0.240 e. The number of carbonyl (C=O) groups is 1. The SMILES string of the molecule is COc1ccc(S(=O)(=O)NCCC(=O)N(C2CCC(C)CC2)C2CC2)cc1OC. The summed E-state index contributed by atoms with van der Waals surface area (Å²) in [5, 5.41) is 0. The number of rotatable bonds is 9. The molecule has 1 aromatic rings. The lowest BCUT2D eigenvalue weighted by Gasteiger charge is -2.36. The highest BCUT2D eigenvalue weighted by Crippen LogP contribution is 2.35. The van der Waals surface area contributed by atoms with Crippen LogP contribution < -0.4 is 14.2 Å². The van der Waals surface area contributed by atoms with E-state index >= 15 is 0 Å². The van der Waals surface area contributed by atoms with Crippen LogP contribution in [0.4, 0.5) is 0 Å². The van der Waals surface area contributed by atoms with Gasteiger partial charge in [0.05, 0.1) is 19.1 Å². The van der Waals surface area contributed by atoms with Crippen molar-refractivity contribution in [3.63, 3.8) is 0 Å². The van der Waals surface area contributed by atoms with Crippen molar-refractivity contribution in [3.05, 3.63) is 18.2 Å². The van der Waals surface area contributed by atoms with E-state index in [2.05, 4.69) is 16.5 Å². The van der Waals surface area contributed by atoms with Crippen LogP contribution in [0.3, 0.4) is 0 Å². The van der Waals surface area contributed by atoms with Gasteiger partial charge in [0.1, 0.15) is 0 Å². The normalized spacial score (nSPS) is 22.2. The number of methoxy groups -OCH3 is 2. The van der Waals surface area contributed by atoms with Crippen LogP contribution in [0.2, 0.25) is 0 Å². The third-order valence-electron chi connectivity index (χ3n) is 5.90. The van der Waals surface area contributed by atoms with Gasteiger partial charge in [-0.3, -0.25) is 4.79 Å². The summed E-state index contributed by atoms with van der Waals surface area (Å²) in [6, 6.07) is 5.10. The van der Waals surface area contributed by atoms with Crippen LogP contribution in [0, 0.1) is 5.92 Å². The zero-order valence-electron chi connectivity index (χ0n) is 17.5. The Bertz CT molecular complexity index is 814. The molecule has 0 aliphatic heterocycles. The standard InChI is InChI=1S/C21H32N2O5S/c1-15-4-6-16(7-5-15)23(17-8-9-17)21(24)12-13-22-29(25,26)18-10-11-19(27-2)20(14-18)28-3/h10-11,14-17,22H,4-9,12-13H2,1-3H3. The van der Waals surface area contributed by atoms with E-state index in [-0.39, 0.29) is 23.8 Å². The van der Waals surface area contributed by atoms with Gasteiger partial charge in [0, 0.05) is 31.1 Å². The first-order valence-electron chi connectivity index (χ1n) is 10.4. The van der Waals surface area contributed by atoms with Crippen LogP contribution in [0.15, 0.2) is 23.1 Å². The zero-order chi connectivity index (χ0) is 21.0. The van der Waals surface area contributed by atoms with Gasteiger partial charge >= 0.3 is 0 Å². The molecule has 162 valence electrons. The van der Waals surface area contributed by atoms with Gasteiger partial charge in [-0.05, 0) is 56.6 Å². The van der Waals surface area contributed by atoms with Crippen LogP contribution in [0.1, 0.15) is 51.9 Å². The minimum Gasteiger partial charge on any atom is -0.493 e. The molecule has 0 radical (unpaired) electrons. The summed E-state index contributed by atoms with van der Waals surface area (Å²) in [5.74, 6) is 1.60. The van der Waals surface area contributed by atoms with Gasteiger partial charge in [-0.1, -0.05) is 6.92 Å². The van der Waals surface area contributed by atoms with Crippen molar-refractivity contribution in [1.82, 2.24) is 9.62 Å². The van der Waals surface area contributed by atoms with E-state index in [0.717, 1.165) is 44.4 Å². The molecule has 1 amide bonds. The summed E-state index contributed by atoms with van der Waals surface area (Å²) < 4.78 is 38.1. The Morgan fingerprint density at radius 2 is 1.62 bits per heavy atom. The van der Waals surface area contributed by atoms with E-state index < -0.39 is 10.0 Å². The monoisotopic (exact) mass is 424 g/mol. The van der Waals surface area contributed by atoms with Crippen molar-refractivity contribution in [2.75, 3.05) is 20.8 Å². The fourth-order valence-corrected chi connectivity index (χ4v) is 5.11. The lowest BCUT2D eigenvalue weighted by molar-refractivity contribution is -0.134. The summed E-state index contributed by atoms with van der Waals surface area (Å²) in [7, 11) is -0.781. The first-order valence-corrected chi connectivity index (χ1v) is 11.9. The number of nitrogens with one attached hydrogen (secondary N) is 1. The summed E-state index contributed by atoms with van der Waals surface area (Å²) in [6.45, 7) is 2.35. The molecular weight excluding hydrogens is 392 g/mol. The third kappa shape index (κ3) is 5.42. The molecule has 0 saturated heterocycles. The fraction of sp³-hybridized carbons (Fsp3) is 0.667. The highest BCUT2D eigenvalue weighted by Gasteiger charge is 2.38. The van der Waals surface area contributed by atoms with Gasteiger partial charge < -0.3 is 14.4 Å². The van der Waals surface area contributed by atoms with Gasteiger partial charge in [-0.25, -0.2) is 13.1 Å². The Morgan fingerprint density at radius 3 is 2.17 bits per heavy atom. The van der Waals surface area contributed by atoms with Crippen LogP contribution >= 0.6 is 0 Å². The van der Waals surface area contributed by atoms with E-state index in [9.17, 15) is 13.2 Å². The lowest BCUT2D eigenvalue weighted by atomic mass is 9.86. The van der Waals surface area contributed by atoms with Crippen molar-refractivity contribution in [2.45, 2.75) is 68.8 Å². The molecule has 29 heavy (non-hydrogen) atoms. The number of amides is 1. The van der Waals surface area contributed by atoms with Crippen molar-refractivity contribution >= 4 is 15.9 Å². The molecule has 7 nitrogen and oxygen atoms in total. The van der Waals surface area contributed by atoms with E-state index in [0.29, 0.717) is 23.6 Å². The predicted octanol–water partition coefficient (Wildman–Crippen LogP) is 2.94. The predicted molar refractivity (Wildman–Crippen MR) is 111 cm³/mol. The van der Waals surface area contributed by atoms with Gasteiger partial charge in [0.25, 0.3) is 0 Å². The van der Waals surface area contributed by atoms with Gasteiger partial charge in [-0.15, -0.1) is 0 Å². The highest BCUT2D eigenvalue weighted by molar-refractivity contribution is 7.89. The Balaban J connectivity index is 1.58. The Labute approximate surface area is 173 Å². The average Bonchev–Trinajstić information content (AvgIpc) is 3.54. The lowest BCUT2D eigenvalue weighted by Crippen LogP contribution is -2.44. The van der Waals surface area contributed by atoms with Gasteiger partial charge in [0.15, 0.2) is 11.5 Å². The van der Waals surface area contributed by atoms with Crippen LogP contribution in [0.25, 0.3) is 0 Å². The molecule has 2 aliphatic carbocycles. The Morgan fingerprint density at radius 1 is 1.03 bits per heavy atom. The first-order chi connectivity index (χ1) is 13.9. The van der Waals surface area contributed by atoms with Gasteiger partial charge in [0.2, 0.25) is 15.9 Å². The maximum absolute atomic E-state index is 12.9. The summed E-state index contributed by atoms with van der Waals surface area (Å²) in [5.41, 5.74) is 0. The number of hydrogen-bond acceptors (Lipinski definition) is 5. The molecule has 0 aromatic heterocycles. The highest BCUT2D eigenvalue weighted by atomic mass is 32.2. The van der Waals surface area contributed by atoms with Crippen LogP contribution in [0.5, 0.6) is 11.5 Å². The number of carbonyl (C=O) groups excluding carboxylic acids is 1. The Hall–Kier alpha value is -1.80. The van der Waals surface area contributed by atoms with Crippen molar-refractivity contribution in [1.29, 1.82) is 0 Å². The van der Waals surface area contributed by atoms with Crippen molar-refractivity contribution < 1.29 is 22.7 Å². The summed E-state index contributed by atoms with van der Waals surface area (Å²) in [6.07, 6.45) is 6.74. The summed E-state index contributed by atoms with van der Waals surface area (Å²) in [4.78, 5) is 15.0. The molecule has 2 aliphatic rings. The molecule has 3 rings (SSSR count). The second-order valence-electron chi connectivity index (χ2n) is 8.11. The molecule has 0 heterocycles. The van der Waals surface area contributed by atoms with Crippen molar-refractivity contribution in [2.24, 2.45) is 5.92 Å². The van der Waals surface area contributed by atoms with Crippen molar-refractivity contribution in [3.8, 4) is 11.5 Å². The molecule has 1 aromatic carbocycles. The van der Waals surface area contributed by atoms with E-state index in [4.69, 9.17) is 9.47 Å². The van der Waals surface area contributed by atoms with Gasteiger partial charge in [-0.2, -0.15) is 0 Å².